The molecule has 2 bridgehead atoms. The molecule has 1 spiro atoms. The second-order valence-electron chi connectivity index (χ2n) is 13.8. The van der Waals surface area contributed by atoms with Crippen molar-refractivity contribution in [2.24, 2.45) is 40.4 Å². The van der Waals surface area contributed by atoms with E-state index in [1.165, 1.54) is 0 Å². The van der Waals surface area contributed by atoms with Gasteiger partial charge in [-0.3, -0.25) is 9.59 Å². The average molecular weight is 595 g/mol. The lowest BCUT2D eigenvalue weighted by Gasteiger charge is -2.67. The third kappa shape index (κ3) is 3.67. The molecule has 0 radical (unpaired) electrons. The topological polar surface area (TPSA) is 186 Å². The summed E-state index contributed by atoms with van der Waals surface area (Å²) in [6.45, 7) is 10.2. The van der Waals surface area contributed by atoms with Crippen LogP contribution in [0.25, 0.3) is 0 Å². The molecule has 2 unspecified atom stereocenters. The number of carbonyl (C=O) groups excluding carboxylic acids is 4. The summed E-state index contributed by atoms with van der Waals surface area (Å²) in [4.78, 5) is 53.5. The predicted molar refractivity (Wildman–Crippen MR) is 142 cm³/mol. The molecule has 234 valence electrons. The number of Topliss-reactive ketones (excluding diaryl/α,β-unsaturated/α-hetero) is 1. The summed E-state index contributed by atoms with van der Waals surface area (Å²) in [5.74, 6) is -7.33. The van der Waals surface area contributed by atoms with E-state index in [1.807, 2.05) is 0 Å². The number of fused-ring (bicyclic) bond motifs is 2. The molecule has 42 heavy (non-hydrogen) atoms. The lowest BCUT2D eigenvalue weighted by atomic mass is 9.38. The zero-order valence-corrected chi connectivity index (χ0v) is 25.1. The molecule has 5 aliphatic rings. The molecule has 2 saturated heterocycles. The van der Waals surface area contributed by atoms with Gasteiger partial charge in [-0.15, -0.1) is 0 Å². The summed E-state index contributed by atoms with van der Waals surface area (Å²) in [5, 5.41) is 45.2. The van der Waals surface area contributed by atoms with Crippen molar-refractivity contribution >= 4 is 23.7 Å². The number of esters is 3. The molecule has 0 amide bonds. The Balaban J connectivity index is 1.66. The smallest absolute Gasteiger partial charge is 0.348 e. The number of hydrogen-bond donors (Lipinski definition) is 4. The number of methoxy groups -OCH3 is 1. The van der Waals surface area contributed by atoms with Crippen LogP contribution in [0.4, 0.5) is 0 Å². The molecule has 2 aliphatic heterocycles. The molecular weight excluding hydrogens is 552 g/mol. The molecule has 4 N–H and O–H groups in total. The summed E-state index contributed by atoms with van der Waals surface area (Å²) in [6, 6.07) is 0. The number of rotatable bonds is 6. The zero-order valence-electron chi connectivity index (χ0n) is 25.1. The molecule has 12 nitrogen and oxygen atoms in total. The summed E-state index contributed by atoms with van der Waals surface area (Å²) in [7, 11) is 1.08. The van der Waals surface area contributed by atoms with Gasteiger partial charge < -0.3 is 39.4 Å². The number of ether oxygens (including phenoxy) is 4. The van der Waals surface area contributed by atoms with Crippen molar-refractivity contribution < 1.29 is 58.6 Å². The molecule has 12 heteroatoms. The maximum Gasteiger partial charge on any atom is 0.348 e. The maximum atomic E-state index is 13.7. The van der Waals surface area contributed by atoms with E-state index in [4.69, 9.17) is 18.9 Å². The van der Waals surface area contributed by atoms with Crippen LogP contribution >= 0.6 is 0 Å². The van der Waals surface area contributed by atoms with Crippen LogP contribution < -0.4 is 0 Å². The summed E-state index contributed by atoms with van der Waals surface area (Å²) in [5.41, 5.74) is -5.77. The Morgan fingerprint density at radius 2 is 1.74 bits per heavy atom. The normalized spacial score (nSPS) is 42.7. The van der Waals surface area contributed by atoms with Crippen molar-refractivity contribution in [3.8, 4) is 0 Å². The quantitative estimate of drug-likeness (QED) is 0.253. The molecule has 10 atom stereocenters. The van der Waals surface area contributed by atoms with Crippen molar-refractivity contribution in [3.63, 3.8) is 0 Å². The Labute approximate surface area is 244 Å². The SMILES string of the molecule is COC(=O)C12OC[C@@]34C1[C@@H](OC(=O)CC(O)(C(C)C)C(C)C)C(=O)O[C@@H]3C[C@H]1C(C)=C(O)C(=O)C[C@]1(C)[C@H]4[C@@H](O)[C@@H]2O. The second kappa shape index (κ2) is 9.73. The van der Waals surface area contributed by atoms with Gasteiger partial charge in [-0.1, -0.05) is 34.6 Å². The Hall–Kier alpha value is -2.54. The molecule has 2 heterocycles. The second-order valence-corrected chi connectivity index (χ2v) is 13.8. The van der Waals surface area contributed by atoms with Crippen LogP contribution in [0.2, 0.25) is 0 Å². The monoisotopic (exact) mass is 594 g/mol. The largest absolute Gasteiger partial charge is 0.504 e. The van der Waals surface area contributed by atoms with Crippen LogP contribution in [0.5, 0.6) is 0 Å². The van der Waals surface area contributed by atoms with Crippen LogP contribution in [0.15, 0.2) is 11.3 Å². The summed E-state index contributed by atoms with van der Waals surface area (Å²) >= 11 is 0. The molecule has 5 rings (SSSR count). The van der Waals surface area contributed by atoms with Crippen molar-refractivity contribution in [1.82, 2.24) is 0 Å². The summed E-state index contributed by atoms with van der Waals surface area (Å²) < 4.78 is 22.9. The van der Waals surface area contributed by atoms with E-state index in [2.05, 4.69) is 0 Å². The number of hydrogen-bond acceptors (Lipinski definition) is 12. The highest BCUT2D eigenvalue weighted by molar-refractivity contribution is 5.95. The van der Waals surface area contributed by atoms with E-state index in [-0.39, 0.29) is 37.0 Å². The standard InChI is InChI=1S/C30H42O12/c1-12(2)29(38,13(3)4)10-18(32)42-21-23-28-11-40-30(23,26(37)39-7)24(35)20(34)22(28)27(6)9-16(31)19(33)14(5)15(27)8-17(28)41-25(21)36/h12-13,15,17,20-24,33-35,38H,8-11H2,1-7H3/t15-,17+,20+,21+,22+,23?,24-,27-,28+,30?/m0/s1. The first-order valence-electron chi connectivity index (χ1n) is 14.6. The van der Waals surface area contributed by atoms with Gasteiger partial charge in [-0.2, -0.15) is 0 Å². The number of aliphatic hydroxyl groups excluding tert-OH is 3. The fourth-order valence-electron chi connectivity index (χ4n) is 9.35. The third-order valence-electron chi connectivity index (χ3n) is 11.5. The highest BCUT2D eigenvalue weighted by atomic mass is 16.6. The zero-order chi connectivity index (χ0) is 31.3. The minimum Gasteiger partial charge on any atom is -0.504 e. The van der Waals surface area contributed by atoms with E-state index in [1.54, 1.807) is 41.5 Å². The minimum atomic E-state index is -2.28. The van der Waals surface area contributed by atoms with Crippen LogP contribution in [0.1, 0.15) is 60.8 Å². The Morgan fingerprint density at radius 1 is 1.12 bits per heavy atom. The molecular formula is C30H42O12. The lowest BCUT2D eigenvalue weighted by molar-refractivity contribution is -0.291. The molecule has 2 saturated carbocycles. The number of aliphatic hydroxyl groups is 4. The lowest BCUT2D eigenvalue weighted by Crippen LogP contribution is -2.79. The molecule has 0 aromatic rings. The van der Waals surface area contributed by atoms with E-state index in [0.29, 0.717) is 5.57 Å². The first kappa shape index (κ1) is 30.9. The van der Waals surface area contributed by atoms with Gasteiger partial charge in [0.25, 0.3) is 0 Å². The Morgan fingerprint density at radius 3 is 2.31 bits per heavy atom. The third-order valence-corrected chi connectivity index (χ3v) is 11.5. The van der Waals surface area contributed by atoms with Crippen molar-refractivity contribution in [2.75, 3.05) is 13.7 Å². The van der Waals surface area contributed by atoms with Crippen LogP contribution in [0, 0.1) is 40.4 Å². The first-order valence-corrected chi connectivity index (χ1v) is 14.6. The van der Waals surface area contributed by atoms with E-state index in [0.717, 1.165) is 7.11 Å². The van der Waals surface area contributed by atoms with Gasteiger partial charge in [0.1, 0.15) is 12.2 Å². The van der Waals surface area contributed by atoms with Crippen molar-refractivity contribution in [3.05, 3.63) is 11.3 Å². The van der Waals surface area contributed by atoms with E-state index < -0.39 is 94.3 Å². The van der Waals surface area contributed by atoms with Gasteiger partial charge >= 0.3 is 17.9 Å². The molecule has 4 fully saturated rings. The van der Waals surface area contributed by atoms with Gasteiger partial charge in [-0.05, 0) is 42.1 Å². The fourth-order valence-corrected chi connectivity index (χ4v) is 9.35. The van der Waals surface area contributed by atoms with Gasteiger partial charge in [0, 0.05) is 17.8 Å². The molecule has 0 aromatic heterocycles. The number of allylic oxidation sites excluding steroid dienone is 2. The van der Waals surface area contributed by atoms with Crippen molar-refractivity contribution in [2.45, 2.75) is 96.4 Å². The van der Waals surface area contributed by atoms with E-state index in [9.17, 15) is 39.6 Å². The number of ketones is 1. The Kier molecular flexibility index (Phi) is 7.16. The van der Waals surface area contributed by atoms with Gasteiger partial charge in [0.2, 0.25) is 11.7 Å². The van der Waals surface area contributed by atoms with Gasteiger partial charge in [0.05, 0.1) is 37.8 Å². The van der Waals surface area contributed by atoms with Gasteiger partial charge in [0.15, 0.2) is 11.5 Å². The van der Waals surface area contributed by atoms with Crippen LogP contribution in [-0.2, 0) is 38.1 Å². The fraction of sp³-hybridized carbons (Fsp3) is 0.800. The number of carbonyl (C=O) groups is 4. The average Bonchev–Trinajstić information content (AvgIpc) is 3.22. The minimum absolute atomic E-state index is 0.142. The molecule has 0 aromatic carbocycles. The Bertz CT molecular complexity index is 1230. The van der Waals surface area contributed by atoms with Crippen LogP contribution in [0.3, 0.4) is 0 Å². The van der Waals surface area contributed by atoms with Crippen molar-refractivity contribution in [1.29, 1.82) is 0 Å². The predicted octanol–water partition coefficient (Wildman–Crippen LogP) is 0.984. The first-order chi connectivity index (χ1) is 19.4. The molecule has 3 aliphatic carbocycles. The highest BCUT2D eigenvalue weighted by Gasteiger charge is 2.85. The maximum absolute atomic E-state index is 13.7. The summed E-state index contributed by atoms with van der Waals surface area (Å²) in [6.07, 6.45) is -6.74. The highest BCUT2D eigenvalue weighted by Crippen LogP contribution is 2.72. The van der Waals surface area contributed by atoms with Gasteiger partial charge in [-0.25, -0.2) is 9.59 Å². The van der Waals surface area contributed by atoms with Crippen LogP contribution in [-0.4, -0.2) is 93.5 Å². The van der Waals surface area contributed by atoms with E-state index >= 15 is 0 Å².